The van der Waals surface area contributed by atoms with Crippen LogP contribution < -0.4 is 14.2 Å². The lowest BCUT2D eigenvalue weighted by atomic mass is 10.1. The summed E-state index contributed by atoms with van der Waals surface area (Å²) < 4.78 is 15.5. The van der Waals surface area contributed by atoms with E-state index in [0.29, 0.717) is 22.8 Å². The summed E-state index contributed by atoms with van der Waals surface area (Å²) in [5.41, 5.74) is 1.47. The van der Waals surface area contributed by atoms with Crippen molar-refractivity contribution >= 4 is 23.7 Å². The third-order valence-electron chi connectivity index (χ3n) is 3.87. The minimum Gasteiger partial charge on any atom is -0.504 e. The quantitative estimate of drug-likeness (QED) is 0.598. The number of hydrogen-bond donors (Lipinski definition) is 1. The lowest BCUT2D eigenvalue weighted by molar-refractivity contribution is -0.121. The number of aromatic hydroxyl groups is 1. The van der Waals surface area contributed by atoms with Crippen LogP contribution in [0.4, 0.5) is 0 Å². The number of fused-ring (bicyclic) bond motifs is 1. The summed E-state index contributed by atoms with van der Waals surface area (Å²) in [6, 6.07) is 10.1. The summed E-state index contributed by atoms with van der Waals surface area (Å²) in [7, 11) is 1.44. The van der Waals surface area contributed by atoms with Crippen molar-refractivity contribution in [2.75, 3.05) is 13.9 Å². The Morgan fingerprint density at radius 1 is 1.00 bits per heavy atom. The lowest BCUT2D eigenvalue weighted by Crippen LogP contribution is -2.01. The van der Waals surface area contributed by atoms with Crippen LogP contribution in [0.1, 0.15) is 17.5 Å². The van der Waals surface area contributed by atoms with Crippen LogP contribution in [0, 0.1) is 0 Å². The number of benzene rings is 2. The molecule has 6 heteroatoms. The van der Waals surface area contributed by atoms with Crippen LogP contribution in [0.25, 0.3) is 12.2 Å². The fraction of sp³-hybridized carbons (Fsp3) is 0.143. The first-order chi connectivity index (χ1) is 13.0. The monoisotopic (exact) mass is 366 g/mol. The van der Waals surface area contributed by atoms with Crippen LogP contribution in [-0.4, -0.2) is 30.6 Å². The van der Waals surface area contributed by atoms with Gasteiger partial charge in [-0.25, -0.2) is 0 Å². The molecular weight excluding hydrogens is 348 g/mol. The van der Waals surface area contributed by atoms with Gasteiger partial charge in [-0.1, -0.05) is 24.3 Å². The van der Waals surface area contributed by atoms with Gasteiger partial charge in [0.1, 0.15) is 0 Å². The van der Waals surface area contributed by atoms with Crippen molar-refractivity contribution < 1.29 is 28.9 Å². The van der Waals surface area contributed by atoms with Gasteiger partial charge in [0.05, 0.1) is 13.5 Å². The highest BCUT2D eigenvalue weighted by atomic mass is 16.7. The van der Waals surface area contributed by atoms with Crippen molar-refractivity contribution in [2.45, 2.75) is 6.42 Å². The molecule has 1 aliphatic rings. The number of hydrogen-bond acceptors (Lipinski definition) is 6. The average Bonchev–Trinajstić information content (AvgIpc) is 3.13. The number of rotatable bonds is 7. The molecule has 2 aromatic rings. The molecule has 2 aromatic carbocycles. The van der Waals surface area contributed by atoms with Crippen LogP contribution in [0.3, 0.4) is 0 Å². The fourth-order valence-electron chi connectivity index (χ4n) is 2.48. The Balaban J connectivity index is 1.56. The molecule has 0 bridgehead atoms. The Labute approximate surface area is 156 Å². The maximum absolute atomic E-state index is 12.0. The Bertz CT molecular complexity index is 895. The van der Waals surface area contributed by atoms with E-state index in [0.717, 1.165) is 5.56 Å². The summed E-state index contributed by atoms with van der Waals surface area (Å²) in [6.45, 7) is 0.190. The first-order valence-corrected chi connectivity index (χ1v) is 8.23. The van der Waals surface area contributed by atoms with Gasteiger partial charge in [-0.15, -0.1) is 0 Å². The number of ether oxygens (including phenoxy) is 3. The second-order valence-electron chi connectivity index (χ2n) is 5.82. The van der Waals surface area contributed by atoms with Crippen LogP contribution in [0.2, 0.25) is 0 Å². The molecule has 0 unspecified atom stereocenters. The van der Waals surface area contributed by atoms with Crippen molar-refractivity contribution in [3.8, 4) is 23.0 Å². The van der Waals surface area contributed by atoms with Crippen molar-refractivity contribution in [3.05, 3.63) is 59.7 Å². The Kier molecular flexibility index (Phi) is 5.56. The number of carbonyl (C=O) groups is 2. The van der Waals surface area contributed by atoms with Gasteiger partial charge in [-0.05, 0) is 47.5 Å². The topological polar surface area (TPSA) is 82.1 Å². The number of methoxy groups -OCH3 is 1. The maximum atomic E-state index is 12.0. The van der Waals surface area contributed by atoms with Crippen molar-refractivity contribution in [3.63, 3.8) is 0 Å². The van der Waals surface area contributed by atoms with Crippen LogP contribution in [-0.2, 0) is 9.59 Å². The highest BCUT2D eigenvalue weighted by molar-refractivity contribution is 6.10. The van der Waals surface area contributed by atoms with Gasteiger partial charge in [0.25, 0.3) is 0 Å². The largest absolute Gasteiger partial charge is 0.504 e. The third-order valence-corrected chi connectivity index (χ3v) is 3.87. The van der Waals surface area contributed by atoms with Crippen LogP contribution in [0.5, 0.6) is 23.0 Å². The summed E-state index contributed by atoms with van der Waals surface area (Å²) >= 11 is 0. The van der Waals surface area contributed by atoms with Gasteiger partial charge >= 0.3 is 0 Å². The molecule has 0 radical (unpaired) electrons. The Morgan fingerprint density at radius 3 is 2.33 bits per heavy atom. The SMILES string of the molecule is COc1cc(/C=C/C(=O)CC(=O)/C=C/c2ccc3c(c2)OCO3)ccc1O. The minimum absolute atomic E-state index is 0.0183. The second-order valence-corrected chi connectivity index (χ2v) is 5.82. The van der Waals surface area contributed by atoms with Crippen molar-refractivity contribution in [1.82, 2.24) is 0 Å². The van der Waals surface area contributed by atoms with Gasteiger partial charge in [-0.2, -0.15) is 0 Å². The zero-order valence-corrected chi connectivity index (χ0v) is 14.7. The van der Waals surface area contributed by atoms with Gasteiger partial charge in [-0.3, -0.25) is 9.59 Å². The standard InChI is InChI=1S/C21H18O6/c1-25-20-10-14(4-8-18(20)24)2-6-16(22)12-17(23)7-3-15-5-9-19-21(11-15)27-13-26-19/h2-11,24H,12-13H2,1H3/b6-2+,7-3+. The predicted molar refractivity (Wildman–Crippen MR) is 99.9 cm³/mol. The van der Waals surface area contributed by atoms with E-state index >= 15 is 0 Å². The third kappa shape index (κ3) is 4.76. The van der Waals surface area contributed by atoms with Crippen molar-refractivity contribution in [1.29, 1.82) is 0 Å². The molecule has 1 N–H and O–H groups in total. The van der Waals surface area contributed by atoms with E-state index in [2.05, 4.69) is 0 Å². The van der Waals surface area contributed by atoms with E-state index in [1.165, 1.54) is 25.3 Å². The molecule has 1 aliphatic heterocycles. The summed E-state index contributed by atoms with van der Waals surface area (Å²) in [4.78, 5) is 23.9. The van der Waals surface area contributed by atoms with E-state index in [4.69, 9.17) is 14.2 Å². The van der Waals surface area contributed by atoms with E-state index in [1.807, 2.05) is 0 Å². The number of phenols is 1. The van der Waals surface area contributed by atoms with E-state index in [1.54, 1.807) is 42.5 Å². The summed E-state index contributed by atoms with van der Waals surface area (Å²) in [6.07, 6.45) is 5.67. The Hall–Kier alpha value is -3.54. The van der Waals surface area contributed by atoms with Gasteiger partial charge in [0, 0.05) is 0 Å². The smallest absolute Gasteiger partial charge is 0.231 e. The van der Waals surface area contributed by atoms with E-state index < -0.39 is 0 Å². The van der Waals surface area contributed by atoms with Gasteiger partial charge < -0.3 is 19.3 Å². The zero-order valence-electron chi connectivity index (χ0n) is 14.7. The van der Waals surface area contributed by atoms with Gasteiger partial charge in [0.2, 0.25) is 6.79 Å². The van der Waals surface area contributed by atoms with E-state index in [9.17, 15) is 14.7 Å². The number of ketones is 2. The molecule has 0 amide bonds. The molecule has 0 spiro atoms. The molecule has 0 saturated heterocycles. The second kappa shape index (κ2) is 8.23. The molecule has 3 rings (SSSR count). The van der Waals surface area contributed by atoms with E-state index in [-0.39, 0.29) is 30.5 Å². The minimum atomic E-state index is -0.317. The molecule has 6 nitrogen and oxygen atoms in total. The molecule has 0 fully saturated rings. The molecular formula is C21H18O6. The first kappa shape index (κ1) is 18.3. The molecule has 0 atom stereocenters. The molecule has 27 heavy (non-hydrogen) atoms. The molecule has 138 valence electrons. The highest BCUT2D eigenvalue weighted by Crippen LogP contribution is 2.32. The number of carbonyl (C=O) groups excluding carboxylic acids is 2. The molecule has 0 saturated carbocycles. The average molecular weight is 366 g/mol. The summed E-state index contributed by atoms with van der Waals surface area (Å²) in [5.74, 6) is 1.02. The number of phenolic OH excluding ortho intramolecular Hbond substituents is 1. The number of allylic oxidation sites excluding steroid dienone is 2. The Morgan fingerprint density at radius 2 is 1.63 bits per heavy atom. The highest BCUT2D eigenvalue weighted by Gasteiger charge is 2.12. The lowest BCUT2D eigenvalue weighted by Gasteiger charge is -2.03. The molecule has 0 aromatic heterocycles. The molecule has 1 heterocycles. The normalized spacial score (nSPS) is 12.6. The zero-order chi connectivity index (χ0) is 19.2. The fourth-order valence-corrected chi connectivity index (χ4v) is 2.48. The first-order valence-electron chi connectivity index (χ1n) is 8.23. The molecule has 0 aliphatic carbocycles. The van der Waals surface area contributed by atoms with Crippen LogP contribution in [0.15, 0.2) is 48.6 Å². The van der Waals surface area contributed by atoms with Gasteiger partial charge in [0.15, 0.2) is 34.6 Å². The summed E-state index contributed by atoms with van der Waals surface area (Å²) in [5, 5.41) is 9.55. The maximum Gasteiger partial charge on any atom is 0.231 e. The van der Waals surface area contributed by atoms with Crippen LogP contribution >= 0.6 is 0 Å². The predicted octanol–water partition coefficient (Wildman–Crippen LogP) is 3.38. The van der Waals surface area contributed by atoms with Crippen molar-refractivity contribution in [2.24, 2.45) is 0 Å².